The molecule has 0 radical (unpaired) electrons. The average Bonchev–Trinajstić information content (AvgIpc) is 3.05. The summed E-state index contributed by atoms with van der Waals surface area (Å²) < 4.78 is 4.86. The van der Waals surface area contributed by atoms with Gasteiger partial charge >= 0.3 is 5.97 Å². The first-order chi connectivity index (χ1) is 11.4. The Balaban J connectivity index is 2.17. The van der Waals surface area contributed by atoms with E-state index in [0.29, 0.717) is 0 Å². The molecule has 3 rings (SSSR count). The highest BCUT2D eigenvalue weighted by molar-refractivity contribution is 6.08. The predicted octanol–water partition coefficient (Wildman–Crippen LogP) is -1.25. The van der Waals surface area contributed by atoms with E-state index in [1.807, 2.05) is 31.2 Å². The maximum Gasteiger partial charge on any atom is 0.371 e. The van der Waals surface area contributed by atoms with Gasteiger partial charge in [0.2, 0.25) is 17.4 Å². The van der Waals surface area contributed by atoms with Crippen molar-refractivity contribution in [2.45, 2.75) is 18.5 Å². The van der Waals surface area contributed by atoms with Crippen LogP contribution in [0.3, 0.4) is 0 Å². The zero-order valence-corrected chi connectivity index (χ0v) is 13.9. The number of ether oxygens (including phenoxy) is 1. The van der Waals surface area contributed by atoms with E-state index < -0.39 is 41.9 Å². The van der Waals surface area contributed by atoms with Crippen molar-refractivity contribution >= 4 is 17.8 Å². The Bertz CT molecular complexity index is 719. The average molecular weight is 333 g/mol. The fourth-order valence-electron chi connectivity index (χ4n) is 4.11. The molecule has 2 saturated heterocycles. The fourth-order valence-corrected chi connectivity index (χ4v) is 4.11. The van der Waals surface area contributed by atoms with Crippen molar-refractivity contribution in [1.82, 2.24) is 4.90 Å². The number of nitrogens with two attached hydrogens (primary N) is 1. The van der Waals surface area contributed by atoms with Gasteiger partial charge in [-0.2, -0.15) is 0 Å². The Morgan fingerprint density at radius 1 is 1.33 bits per heavy atom. The van der Waals surface area contributed by atoms with Gasteiger partial charge in [0.05, 0.1) is 7.11 Å². The number of aryl methyl sites for hydroxylation is 1. The third kappa shape index (κ3) is 2.01. The zero-order valence-electron chi connectivity index (χ0n) is 13.9. The molecule has 0 bridgehead atoms. The molecular formula is C17H21N2O5+. The molecule has 128 valence electrons. The Kier molecular flexibility index (Phi) is 3.93. The number of amides is 2. The molecule has 7 heteroatoms. The standard InChI is InChI=1S/C17H20N2O5/c1-9-6-4-5-7-10(9)13-11-12(15(22)19(2)14(11)21)17(8-20,18-13)16(23)24-3/h4-7,11-13,18,20H,8H2,1-3H3/p+1/t11-,12+,13-,17+/m1/s1. The zero-order chi connectivity index (χ0) is 17.6. The third-order valence-corrected chi connectivity index (χ3v) is 5.36. The van der Waals surface area contributed by atoms with E-state index in [0.717, 1.165) is 16.0 Å². The summed E-state index contributed by atoms with van der Waals surface area (Å²) in [5.74, 6) is -3.09. The Morgan fingerprint density at radius 2 is 2.00 bits per heavy atom. The van der Waals surface area contributed by atoms with Gasteiger partial charge in [0.1, 0.15) is 24.5 Å². The summed E-state index contributed by atoms with van der Waals surface area (Å²) in [4.78, 5) is 38.8. The number of aliphatic hydroxyl groups excluding tert-OH is 1. The SMILES string of the molecule is COC(=O)[C@@]1(CO)[NH2+][C@H](c2ccccc2C)[C@@H]2C(=O)N(C)C(=O)[C@H]21. The lowest BCUT2D eigenvalue weighted by Gasteiger charge is -2.26. The number of carbonyl (C=O) groups excluding carboxylic acids is 3. The highest BCUT2D eigenvalue weighted by Crippen LogP contribution is 2.44. The number of quaternary nitrogens is 1. The van der Waals surface area contributed by atoms with Crippen LogP contribution < -0.4 is 5.32 Å². The van der Waals surface area contributed by atoms with Gasteiger partial charge in [-0.05, 0) is 12.5 Å². The van der Waals surface area contributed by atoms with E-state index in [9.17, 15) is 19.5 Å². The van der Waals surface area contributed by atoms with Gasteiger partial charge in [-0.15, -0.1) is 0 Å². The van der Waals surface area contributed by atoms with Crippen molar-refractivity contribution in [3.8, 4) is 0 Å². The molecule has 2 amide bonds. The number of esters is 1. The topological polar surface area (TPSA) is 101 Å². The maximum absolute atomic E-state index is 12.7. The van der Waals surface area contributed by atoms with Crippen LogP contribution in [0.1, 0.15) is 17.2 Å². The molecule has 24 heavy (non-hydrogen) atoms. The van der Waals surface area contributed by atoms with Crippen LogP contribution in [0, 0.1) is 18.8 Å². The summed E-state index contributed by atoms with van der Waals surface area (Å²) in [6.07, 6.45) is 0. The highest BCUT2D eigenvalue weighted by Gasteiger charge is 2.72. The minimum Gasteiger partial charge on any atom is -0.464 e. The number of hydrogen-bond acceptors (Lipinski definition) is 5. The van der Waals surface area contributed by atoms with Crippen molar-refractivity contribution in [2.75, 3.05) is 20.8 Å². The molecule has 1 aromatic carbocycles. The second-order valence-electron chi connectivity index (χ2n) is 6.48. The van der Waals surface area contributed by atoms with Gasteiger partial charge in [0.15, 0.2) is 0 Å². The second kappa shape index (κ2) is 5.68. The lowest BCUT2D eigenvalue weighted by atomic mass is 9.79. The number of imide groups is 1. The second-order valence-corrected chi connectivity index (χ2v) is 6.48. The van der Waals surface area contributed by atoms with Gasteiger partial charge in [-0.25, -0.2) is 4.79 Å². The number of benzene rings is 1. The van der Waals surface area contributed by atoms with Gasteiger partial charge in [0.25, 0.3) is 0 Å². The summed E-state index contributed by atoms with van der Waals surface area (Å²) >= 11 is 0. The molecule has 3 N–H and O–H groups in total. The summed E-state index contributed by atoms with van der Waals surface area (Å²) in [7, 11) is 2.63. The first-order valence-corrected chi connectivity index (χ1v) is 7.81. The number of likely N-dealkylation sites (tertiary alicyclic amines) is 1. The lowest BCUT2D eigenvalue weighted by molar-refractivity contribution is -0.735. The largest absolute Gasteiger partial charge is 0.464 e. The molecule has 0 spiro atoms. The third-order valence-electron chi connectivity index (χ3n) is 5.36. The predicted molar refractivity (Wildman–Crippen MR) is 82.4 cm³/mol. The number of nitrogens with zero attached hydrogens (tertiary/aromatic N) is 1. The number of aliphatic hydroxyl groups is 1. The lowest BCUT2D eigenvalue weighted by Crippen LogP contribution is -2.99. The van der Waals surface area contributed by atoms with Crippen molar-refractivity contribution < 1.29 is 29.5 Å². The van der Waals surface area contributed by atoms with E-state index >= 15 is 0 Å². The van der Waals surface area contributed by atoms with E-state index in [1.54, 1.807) is 5.32 Å². The maximum atomic E-state index is 12.7. The van der Waals surface area contributed by atoms with E-state index in [2.05, 4.69) is 0 Å². The summed E-state index contributed by atoms with van der Waals surface area (Å²) in [6.45, 7) is 1.34. The molecule has 0 aliphatic carbocycles. The van der Waals surface area contributed by atoms with Gasteiger partial charge in [-0.1, -0.05) is 24.3 Å². The normalized spacial score (nSPS) is 32.2. The number of fused-ring (bicyclic) bond motifs is 1. The molecular weight excluding hydrogens is 312 g/mol. The summed E-state index contributed by atoms with van der Waals surface area (Å²) in [5, 5.41) is 11.6. The van der Waals surface area contributed by atoms with Crippen LogP contribution in [0.15, 0.2) is 24.3 Å². The van der Waals surface area contributed by atoms with Crippen LogP contribution >= 0.6 is 0 Å². The van der Waals surface area contributed by atoms with E-state index in [1.165, 1.54) is 14.2 Å². The van der Waals surface area contributed by atoms with Crippen LogP contribution in [-0.2, 0) is 19.1 Å². The molecule has 2 fully saturated rings. The Labute approximate surface area is 139 Å². The molecule has 0 aromatic heterocycles. The number of methoxy groups -OCH3 is 1. The van der Waals surface area contributed by atoms with Crippen LogP contribution in [0.25, 0.3) is 0 Å². The van der Waals surface area contributed by atoms with Gasteiger partial charge in [-0.3, -0.25) is 14.5 Å². The number of hydrogen-bond donors (Lipinski definition) is 2. The minimum atomic E-state index is -1.50. The number of carbonyl (C=O) groups is 3. The number of rotatable bonds is 3. The van der Waals surface area contributed by atoms with Gasteiger partial charge < -0.3 is 15.2 Å². The van der Waals surface area contributed by atoms with Crippen LogP contribution in [0.4, 0.5) is 0 Å². The molecule has 2 heterocycles. The molecule has 0 saturated carbocycles. The highest BCUT2D eigenvalue weighted by atomic mass is 16.5. The first-order valence-electron chi connectivity index (χ1n) is 7.81. The Morgan fingerprint density at radius 3 is 2.58 bits per heavy atom. The molecule has 4 atom stereocenters. The van der Waals surface area contributed by atoms with Crippen molar-refractivity contribution in [2.24, 2.45) is 11.8 Å². The minimum absolute atomic E-state index is 0.325. The van der Waals surface area contributed by atoms with Crippen molar-refractivity contribution in [3.63, 3.8) is 0 Å². The monoisotopic (exact) mass is 333 g/mol. The summed E-state index contributed by atoms with van der Waals surface area (Å²) in [5.41, 5.74) is 0.346. The summed E-state index contributed by atoms with van der Waals surface area (Å²) in [6, 6.07) is 7.12. The van der Waals surface area contributed by atoms with Crippen molar-refractivity contribution in [1.29, 1.82) is 0 Å². The quantitative estimate of drug-likeness (QED) is 0.532. The van der Waals surface area contributed by atoms with Crippen LogP contribution in [0.5, 0.6) is 0 Å². The van der Waals surface area contributed by atoms with Gasteiger partial charge in [0, 0.05) is 12.6 Å². The molecule has 7 nitrogen and oxygen atoms in total. The molecule has 0 unspecified atom stereocenters. The van der Waals surface area contributed by atoms with E-state index in [-0.39, 0.29) is 5.91 Å². The molecule has 1 aromatic rings. The van der Waals surface area contributed by atoms with Crippen LogP contribution in [-0.4, -0.2) is 54.1 Å². The Hall–Kier alpha value is -2.25. The van der Waals surface area contributed by atoms with Crippen molar-refractivity contribution in [3.05, 3.63) is 35.4 Å². The first kappa shape index (κ1) is 16.6. The molecule has 2 aliphatic heterocycles. The molecule has 2 aliphatic rings. The smallest absolute Gasteiger partial charge is 0.371 e. The fraction of sp³-hybridized carbons (Fsp3) is 0.471. The van der Waals surface area contributed by atoms with E-state index in [4.69, 9.17) is 4.74 Å². The van der Waals surface area contributed by atoms with Crippen LogP contribution in [0.2, 0.25) is 0 Å².